The summed E-state index contributed by atoms with van der Waals surface area (Å²) in [5, 5.41) is 9.75. The normalized spacial score (nSPS) is 14.7. The van der Waals surface area contributed by atoms with E-state index in [1.807, 2.05) is 0 Å². The number of esters is 2. The SMILES string of the molecule is CC/C=C\C/C=C\C/C=C\C/C=C\C/C=C\CCCCCC(=O)OC[C@H](COP(=O)(O)OC[C@@H](O)COP(=O)(O)O)OC(=O)CCCCCCC/C=C\CCCCCCCC. The molecule has 1 unspecified atom stereocenters. The van der Waals surface area contributed by atoms with Crippen molar-refractivity contribution >= 4 is 27.6 Å². The van der Waals surface area contributed by atoms with E-state index < -0.39 is 66.2 Å². The van der Waals surface area contributed by atoms with Gasteiger partial charge >= 0.3 is 27.6 Å². The van der Waals surface area contributed by atoms with Gasteiger partial charge in [-0.15, -0.1) is 0 Å². The Kier molecular flexibility index (Phi) is 39.9. The third-order valence-electron chi connectivity index (χ3n) is 9.07. The van der Waals surface area contributed by atoms with Crippen LogP contribution in [0.2, 0.25) is 0 Å². The van der Waals surface area contributed by atoms with Crippen molar-refractivity contribution in [3.63, 3.8) is 0 Å². The van der Waals surface area contributed by atoms with Gasteiger partial charge in [-0.2, -0.15) is 0 Å². The third-order valence-corrected chi connectivity index (χ3v) is 10.5. The first-order valence-corrected chi connectivity index (χ1v) is 25.7. The summed E-state index contributed by atoms with van der Waals surface area (Å²) in [6, 6.07) is 0. The van der Waals surface area contributed by atoms with Crippen LogP contribution in [-0.2, 0) is 41.8 Å². The smallest absolute Gasteiger partial charge is 0.462 e. The second-order valence-corrected chi connectivity index (χ2v) is 17.6. The molecule has 0 saturated heterocycles. The number of phosphoric ester groups is 2. The van der Waals surface area contributed by atoms with E-state index in [1.54, 1.807) is 0 Å². The van der Waals surface area contributed by atoms with Crippen molar-refractivity contribution in [3.8, 4) is 0 Å². The fraction of sp³-hybridized carbons (Fsp3) is 0.696. The summed E-state index contributed by atoms with van der Waals surface area (Å²) >= 11 is 0. The molecule has 3 atom stereocenters. The highest BCUT2D eigenvalue weighted by atomic mass is 31.2. The highest BCUT2D eigenvalue weighted by Crippen LogP contribution is 2.43. The van der Waals surface area contributed by atoms with Gasteiger partial charge in [-0.25, -0.2) is 9.13 Å². The van der Waals surface area contributed by atoms with Crippen molar-refractivity contribution in [2.24, 2.45) is 0 Å². The summed E-state index contributed by atoms with van der Waals surface area (Å²) in [5.74, 6) is -1.08. The molecule has 13 nitrogen and oxygen atoms in total. The van der Waals surface area contributed by atoms with Crippen molar-refractivity contribution in [2.75, 3.05) is 26.4 Å². The Balaban J connectivity index is 4.57. The number of hydrogen-bond acceptors (Lipinski definition) is 10. The van der Waals surface area contributed by atoms with E-state index >= 15 is 0 Å². The Morgan fingerprint density at radius 1 is 0.492 bits per heavy atom. The molecular formula is C46H80O13P2. The Labute approximate surface area is 367 Å². The lowest BCUT2D eigenvalue weighted by atomic mass is 10.1. The van der Waals surface area contributed by atoms with Crippen LogP contribution in [0.1, 0.15) is 168 Å². The molecule has 0 bridgehead atoms. The van der Waals surface area contributed by atoms with Crippen molar-refractivity contribution in [3.05, 3.63) is 72.9 Å². The van der Waals surface area contributed by atoms with Crippen molar-refractivity contribution in [1.29, 1.82) is 0 Å². The van der Waals surface area contributed by atoms with Gasteiger partial charge in [0.05, 0.1) is 19.8 Å². The van der Waals surface area contributed by atoms with E-state index in [9.17, 15) is 28.7 Å². The second-order valence-electron chi connectivity index (χ2n) is 14.9. The number of rotatable bonds is 42. The molecule has 0 aliphatic carbocycles. The van der Waals surface area contributed by atoms with Crippen LogP contribution in [0.15, 0.2) is 72.9 Å². The van der Waals surface area contributed by atoms with Gasteiger partial charge in [-0.1, -0.05) is 145 Å². The van der Waals surface area contributed by atoms with Crippen molar-refractivity contribution in [1.82, 2.24) is 0 Å². The first kappa shape index (κ1) is 58.6. The minimum absolute atomic E-state index is 0.111. The van der Waals surface area contributed by atoms with Crippen LogP contribution in [0.4, 0.5) is 0 Å². The topological polar surface area (TPSA) is 195 Å². The first-order valence-electron chi connectivity index (χ1n) is 22.6. The van der Waals surface area contributed by atoms with Crippen molar-refractivity contribution < 1.29 is 61.6 Å². The van der Waals surface area contributed by atoms with Gasteiger partial charge in [0.1, 0.15) is 12.7 Å². The monoisotopic (exact) mass is 903 g/mol. The molecule has 4 N–H and O–H groups in total. The lowest BCUT2D eigenvalue weighted by Crippen LogP contribution is -2.30. The molecular weight excluding hydrogens is 822 g/mol. The number of aliphatic hydroxyl groups excluding tert-OH is 1. The minimum atomic E-state index is -4.87. The molecule has 61 heavy (non-hydrogen) atoms. The standard InChI is InChI=1S/C46H80O13P2/c1-3-5-7-9-11-13-15-17-19-20-21-22-24-25-27-29-31-33-35-37-45(48)55-41-44(42-58-61(53,54)57-40-43(47)39-56-60(50,51)52)59-46(49)38-36-34-32-30-28-26-23-18-16-14-12-10-8-6-4-2/h5,7,11,13,17-19,21-23,25,27,43-44,47H,3-4,6,8-10,12,14-16,20,24,26,28-42H2,1-2H3,(H,53,54)(H2,50,51,52)/b7-5-,13-11-,19-17-,22-21-,23-18-,27-25-/t43-,44+/m0/s1. The Bertz CT molecular complexity index is 1350. The van der Waals surface area contributed by atoms with Gasteiger partial charge in [0, 0.05) is 12.8 Å². The average molecular weight is 903 g/mol. The zero-order valence-electron chi connectivity index (χ0n) is 37.2. The Morgan fingerprint density at radius 2 is 0.902 bits per heavy atom. The Hall–Kier alpha value is -2.44. The molecule has 0 aromatic carbocycles. The number of hydrogen-bond donors (Lipinski definition) is 4. The van der Waals surface area contributed by atoms with Crippen LogP contribution in [0.3, 0.4) is 0 Å². The number of allylic oxidation sites excluding steroid dienone is 12. The lowest BCUT2D eigenvalue weighted by Gasteiger charge is -2.20. The molecule has 0 heterocycles. The predicted molar refractivity (Wildman–Crippen MR) is 244 cm³/mol. The second kappa shape index (κ2) is 41.6. The van der Waals surface area contributed by atoms with Crippen LogP contribution in [0.5, 0.6) is 0 Å². The molecule has 0 amide bonds. The van der Waals surface area contributed by atoms with Gasteiger partial charge in [0.25, 0.3) is 0 Å². The quantitative estimate of drug-likeness (QED) is 0.0196. The zero-order valence-corrected chi connectivity index (χ0v) is 39.0. The zero-order chi connectivity index (χ0) is 45.1. The summed E-state index contributed by atoms with van der Waals surface area (Å²) in [4.78, 5) is 52.7. The number of carbonyl (C=O) groups is 2. The fourth-order valence-corrected chi connectivity index (χ4v) is 6.82. The number of aliphatic hydroxyl groups is 1. The van der Waals surface area contributed by atoms with Crippen molar-refractivity contribution in [2.45, 2.75) is 180 Å². The number of phosphoric acid groups is 2. The molecule has 352 valence electrons. The van der Waals surface area contributed by atoms with Gasteiger partial charge in [0.15, 0.2) is 6.10 Å². The molecule has 0 aliphatic heterocycles. The predicted octanol–water partition coefficient (Wildman–Crippen LogP) is 11.8. The molecule has 0 saturated carbocycles. The number of carbonyl (C=O) groups excluding carboxylic acids is 2. The highest BCUT2D eigenvalue weighted by Gasteiger charge is 2.28. The van der Waals surface area contributed by atoms with Gasteiger partial charge < -0.3 is 29.3 Å². The van der Waals surface area contributed by atoms with E-state index in [4.69, 9.17) is 23.8 Å². The molecule has 0 spiro atoms. The summed E-state index contributed by atoms with van der Waals surface area (Å²) in [5.41, 5.74) is 0. The molecule has 0 rings (SSSR count). The van der Waals surface area contributed by atoms with Crippen LogP contribution < -0.4 is 0 Å². The highest BCUT2D eigenvalue weighted by molar-refractivity contribution is 7.47. The summed E-state index contributed by atoms with van der Waals surface area (Å²) in [6.07, 6.45) is 46.0. The fourth-order valence-electron chi connectivity index (χ4n) is 5.66. The molecule has 0 aromatic rings. The third kappa shape index (κ3) is 45.4. The molecule has 0 aromatic heterocycles. The van der Waals surface area contributed by atoms with Gasteiger partial charge in [-0.3, -0.25) is 23.2 Å². The van der Waals surface area contributed by atoms with E-state index in [1.165, 1.54) is 38.5 Å². The van der Waals surface area contributed by atoms with Gasteiger partial charge in [-0.05, 0) is 83.5 Å². The lowest BCUT2D eigenvalue weighted by molar-refractivity contribution is -0.161. The number of ether oxygens (including phenoxy) is 2. The maximum Gasteiger partial charge on any atom is 0.472 e. The summed E-state index contributed by atoms with van der Waals surface area (Å²) < 4.78 is 47.8. The molecule has 0 aliphatic rings. The maximum atomic E-state index is 12.7. The van der Waals surface area contributed by atoms with Gasteiger partial charge in [0.2, 0.25) is 0 Å². The Morgan fingerprint density at radius 3 is 1.43 bits per heavy atom. The molecule has 15 heteroatoms. The largest absolute Gasteiger partial charge is 0.472 e. The maximum absolute atomic E-state index is 12.7. The average Bonchev–Trinajstić information content (AvgIpc) is 3.22. The summed E-state index contributed by atoms with van der Waals surface area (Å²) in [7, 11) is -9.69. The molecule has 0 fully saturated rings. The van der Waals surface area contributed by atoms with Crippen LogP contribution in [0.25, 0.3) is 0 Å². The van der Waals surface area contributed by atoms with Crippen LogP contribution in [-0.4, -0.2) is 70.4 Å². The van der Waals surface area contributed by atoms with Crippen LogP contribution >= 0.6 is 15.6 Å². The van der Waals surface area contributed by atoms with E-state index in [0.29, 0.717) is 12.8 Å². The summed E-state index contributed by atoms with van der Waals surface area (Å²) in [6.45, 7) is 1.59. The van der Waals surface area contributed by atoms with Crippen LogP contribution in [0, 0.1) is 0 Å². The van der Waals surface area contributed by atoms with E-state index in [0.717, 1.165) is 89.9 Å². The minimum Gasteiger partial charge on any atom is -0.462 e. The first-order chi connectivity index (χ1) is 29.4. The molecule has 0 radical (unpaired) electrons. The number of unbranched alkanes of at least 4 members (excludes halogenated alkanes) is 14. The van der Waals surface area contributed by atoms with E-state index in [2.05, 4.69) is 95.8 Å². The van der Waals surface area contributed by atoms with E-state index in [-0.39, 0.29) is 12.8 Å².